The van der Waals surface area contributed by atoms with Crippen LogP contribution in [-0.2, 0) is 27.3 Å². The molecule has 0 saturated carbocycles. The van der Waals surface area contributed by atoms with Gasteiger partial charge in [-0.05, 0) is 18.4 Å². The van der Waals surface area contributed by atoms with Gasteiger partial charge < -0.3 is 10.5 Å². The summed E-state index contributed by atoms with van der Waals surface area (Å²) in [5, 5.41) is 0. The maximum absolute atomic E-state index is 11.5. The van der Waals surface area contributed by atoms with Crippen LogP contribution in [0.5, 0.6) is 0 Å². The van der Waals surface area contributed by atoms with Crippen molar-refractivity contribution in [3.8, 4) is 0 Å². The summed E-state index contributed by atoms with van der Waals surface area (Å²) >= 11 is 1.82. The molecule has 0 aliphatic rings. The minimum atomic E-state index is -3.52. The zero-order valence-electron chi connectivity index (χ0n) is 18.7. The van der Waals surface area contributed by atoms with Crippen LogP contribution in [0.25, 0.3) is 10.5 Å². The van der Waals surface area contributed by atoms with Gasteiger partial charge in [0.1, 0.15) is 0 Å². The van der Waals surface area contributed by atoms with E-state index in [0.29, 0.717) is 5.92 Å². The monoisotopic (exact) mass is 559 g/mol. The number of aryl methyl sites for hydroxylation is 1. The molecule has 32 heavy (non-hydrogen) atoms. The van der Waals surface area contributed by atoms with Gasteiger partial charge in [-0.3, -0.25) is 0 Å². The topological polar surface area (TPSA) is 72.0 Å². The average Bonchev–Trinajstić information content (AvgIpc) is 2.80. The molecule has 0 aliphatic heterocycles. The van der Waals surface area contributed by atoms with Crippen LogP contribution >= 0.6 is 9.69 Å². The Hall–Kier alpha value is -1.56. The van der Waals surface area contributed by atoms with E-state index in [9.17, 15) is 8.42 Å². The molecule has 0 fully saturated rings. The first-order chi connectivity index (χ1) is 15.2. The molecule has 0 aliphatic carbocycles. The third-order valence-corrected chi connectivity index (χ3v) is 5.27. The van der Waals surface area contributed by atoms with Crippen molar-refractivity contribution in [1.29, 1.82) is 0 Å². The molecule has 0 aromatic heterocycles. The van der Waals surface area contributed by atoms with E-state index in [2.05, 4.69) is 59.4 Å². The number of nitrogens with zero attached hydrogens (tertiary/aromatic N) is 1. The first-order valence-electron chi connectivity index (χ1n) is 10.1. The molecule has 0 unspecified atom stereocenters. The van der Waals surface area contributed by atoms with E-state index < -0.39 is 22.1 Å². The van der Waals surface area contributed by atoms with Gasteiger partial charge in [0, 0.05) is 6.26 Å². The number of sulfonamides is 1. The van der Waals surface area contributed by atoms with Gasteiger partial charge in [0.15, 0.2) is 0 Å². The summed E-state index contributed by atoms with van der Waals surface area (Å²) < 4.78 is 26.8. The van der Waals surface area contributed by atoms with Crippen LogP contribution in [0.4, 0.5) is 0 Å². The molecular weight excluding hydrogens is 529 g/mol. The Balaban J connectivity index is 0.000000358. The van der Waals surface area contributed by atoms with Crippen molar-refractivity contribution in [2.75, 3.05) is 6.26 Å². The molecule has 3 aromatic carbocycles. The summed E-state index contributed by atoms with van der Waals surface area (Å²) in [6.45, 7) is 6.54. The Morgan fingerprint density at radius 3 is 1.62 bits per heavy atom. The molecule has 0 heterocycles. The molecule has 7 heteroatoms. The van der Waals surface area contributed by atoms with E-state index in [1.807, 2.05) is 65.8 Å². The van der Waals surface area contributed by atoms with Crippen LogP contribution < -0.4 is 0 Å². The number of nitrogens with one attached hydrogen (secondary N) is 1. The number of rotatable bonds is 6. The molecule has 0 amide bonds. The average molecular weight is 559 g/mol. The van der Waals surface area contributed by atoms with Gasteiger partial charge in [0.2, 0.25) is 0 Å². The van der Waals surface area contributed by atoms with Crippen LogP contribution in [0.2, 0.25) is 0 Å². The van der Waals surface area contributed by atoms with Gasteiger partial charge in [-0.1, -0.05) is 115 Å². The summed E-state index contributed by atoms with van der Waals surface area (Å²) in [6, 6.07) is 25.5. The minimum absolute atomic E-state index is 0.653. The van der Waals surface area contributed by atoms with Crippen molar-refractivity contribution in [2.24, 2.45) is 0 Å². The number of hydrogen-bond donors (Lipinski definition) is 0. The van der Waals surface area contributed by atoms with Gasteiger partial charge in [0.25, 0.3) is 0 Å². The second-order valence-corrected chi connectivity index (χ2v) is 9.32. The SMILES string of the molecule is CS(=O)(=O)[N-][C@@H](c1ccccc1)[C@@H]([NH-])c1ccccc1.Cc1ccc(C(C)C)cc1.[Cl][Ru+2]. The van der Waals surface area contributed by atoms with Gasteiger partial charge in [-0.2, -0.15) is 0 Å². The van der Waals surface area contributed by atoms with E-state index in [-0.39, 0.29) is 0 Å². The zero-order valence-corrected chi connectivity index (χ0v) is 22.0. The van der Waals surface area contributed by atoms with E-state index in [1.54, 1.807) is 12.1 Å². The third kappa shape index (κ3) is 10.4. The van der Waals surface area contributed by atoms with E-state index >= 15 is 0 Å². The Morgan fingerprint density at radius 2 is 1.22 bits per heavy atom. The molecule has 4 nitrogen and oxygen atoms in total. The van der Waals surface area contributed by atoms with Gasteiger partial charge in [0.05, 0.1) is 10.0 Å². The molecule has 0 spiro atoms. The van der Waals surface area contributed by atoms with Crippen molar-refractivity contribution in [3.63, 3.8) is 0 Å². The molecular formula is C25H30ClN2O2RuS. The summed E-state index contributed by atoms with van der Waals surface area (Å²) in [4.78, 5) is 0. The molecule has 1 N–H and O–H groups in total. The molecule has 2 atom stereocenters. The van der Waals surface area contributed by atoms with Crippen LogP contribution in [-0.4, -0.2) is 14.7 Å². The summed E-state index contributed by atoms with van der Waals surface area (Å²) in [5.74, 6) is 0.653. The predicted molar refractivity (Wildman–Crippen MR) is 132 cm³/mol. The molecule has 173 valence electrons. The van der Waals surface area contributed by atoms with Gasteiger partial charge in [-0.25, -0.2) is 8.42 Å². The first kappa shape index (κ1) is 28.5. The van der Waals surface area contributed by atoms with Crippen molar-refractivity contribution in [3.05, 3.63) is 118 Å². The second-order valence-electron chi connectivity index (χ2n) is 7.65. The van der Waals surface area contributed by atoms with Crippen LogP contribution in [0.1, 0.15) is 54.1 Å². The Bertz CT molecular complexity index is 999. The fourth-order valence-electron chi connectivity index (χ4n) is 2.96. The standard InChI is InChI=1S/C15H16N2O2S.C10H14.ClH.Ru/c1-20(18,19)17-15(13-10-6-3-7-11-13)14(16)12-8-4-2-5-9-12;1-8(2)10-6-4-9(3)5-7-10;;/h2-11,14-16H,1H3;4-8H,1-3H3;1H;/q-2;;;+3/p-1/t14-,15-;;;/m0.../s1. The summed E-state index contributed by atoms with van der Waals surface area (Å²) in [6.07, 6.45) is 1.06. The van der Waals surface area contributed by atoms with Crippen molar-refractivity contribution in [2.45, 2.75) is 38.8 Å². The predicted octanol–water partition coefficient (Wildman–Crippen LogP) is 7.66. The van der Waals surface area contributed by atoms with Crippen molar-refractivity contribution >= 4 is 19.7 Å². The Labute approximate surface area is 207 Å². The number of benzene rings is 3. The molecule has 3 rings (SSSR count). The molecule has 0 saturated heterocycles. The summed E-state index contributed by atoms with van der Waals surface area (Å²) in [5.41, 5.74) is 12.6. The fraction of sp³-hybridized carbons (Fsp3) is 0.280. The zero-order chi connectivity index (χ0) is 24.1. The fourth-order valence-corrected chi connectivity index (χ4v) is 3.62. The van der Waals surface area contributed by atoms with Crippen LogP contribution in [0.3, 0.4) is 0 Å². The third-order valence-electron chi connectivity index (χ3n) is 4.66. The second kappa shape index (κ2) is 14.6. The Kier molecular flexibility index (Phi) is 13.0. The van der Waals surface area contributed by atoms with Crippen molar-refractivity contribution in [1.82, 2.24) is 0 Å². The van der Waals surface area contributed by atoms with Crippen LogP contribution in [0.15, 0.2) is 84.9 Å². The molecule has 0 radical (unpaired) electrons. The van der Waals surface area contributed by atoms with E-state index in [4.69, 9.17) is 5.73 Å². The first-order valence-corrected chi connectivity index (χ1v) is 14.2. The quantitative estimate of drug-likeness (QED) is 0.291. The van der Waals surface area contributed by atoms with Crippen LogP contribution in [0, 0.1) is 6.92 Å². The van der Waals surface area contributed by atoms with E-state index in [0.717, 1.165) is 17.4 Å². The maximum atomic E-state index is 11.5. The Morgan fingerprint density at radius 1 is 0.781 bits per heavy atom. The van der Waals surface area contributed by atoms with Crippen molar-refractivity contribution < 1.29 is 25.7 Å². The van der Waals surface area contributed by atoms with Gasteiger partial charge >= 0.3 is 27.0 Å². The summed E-state index contributed by atoms with van der Waals surface area (Å²) in [7, 11) is 1.05. The van der Waals surface area contributed by atoms with Gasteiger partial charge in [-0.15, -0.1) is 12.1 Å². The number of halogens is 1. The normalized spacial score (nSPS) is 12.6. The molecule has 0 bridgehead atoms. The van der Waals surface area contributed by atoms with E-state index in [1.165, 1.54) is 11.1 Å². The number of hydrogen-bond acceptors (Lipinski definition) is 2. The molecule has 3 aromatic rings.